The summed E-state index contributed by atoms with van der Waals surface area (Å²) in [6.45, 7) is 7.50. The van der Waals surface area contributed by atoms with Crippen molar-refractivity contribution in [3.05, 3.63) is 61.4 Å². The fourth-order valence-corrected chi connectivity index (χ4v) is 6.28. The molecule has 0 bridgehead atoms. The van der Waals surface area contributed by atoms with Crippen LogP contribution in [-0.2, 0) is 19.6 Å². The van der Waals surface area contributed by atoms with Gasteiger partial charge in [-0.1, -0.05) is 12.7 Å². The van der Waals surface area contributed by atoms with Crippen LogP contribution in [0.15, 0.2) is 66.3 Å². The summed E-state index contributed by atoms with van der Waals surface area (Å²) in [6, 6.07) is 8.60. The lowest BCUT2D eigenvalue weighted by Gasteiger charge is -2.43. The van der Waals surface area contributed by atoms with Crippen molar-refractivity contribution in [2.45, 2.75) is 29.5 Å². The summed E-state index contributed by atoms with van der Waals surface area (Å²) < 4.78 is 38.3. The largest absolute Gasteiger partial charge is 0.460 e. The molecule has 0 unspecified atom stereocenters. The summed E-state index contributed by atoms with van der Waals surface area (Å²) in [5.74, 6) is 1.10. The summed E-state index contributed by atoms with van der Waals surface area (Å²) in [7, 11) is -3.91. The van der Waals surface area contributed by atoms with E-state index in [1.807, 2.05) is 13.8 Å². The number of esters is 1. The minimum absolute atomic E-state index is 0.0327. The lowest BCUT2D eigenvalue weighted by molar-refractivity contribution is -0.148. The number of ether oxygens (including phenoxy) is 2. The highest BCUT2D eigenvalue weighted by atomic mass is 32.2. The quantitative estimate of drug-likeness (QED) is 0.473. The minimum atomic E-state index is -3.91. The van der Waals surface area contributed by atoms with Gasteiger partial charge in [0, 0.05) is 29.4 Å². The Labute approximate surface area is 181 Å². The highest BCUT2D eigenvalue weighted by molar-refractivity contribution is 8.00. The van der Waals surface area contributed by atoms with Gasteiger partial charge in [-0.15, -0.1) is 0 Å². The molecule has 0 saturated carbocycles. The molecule has 1 aliphatic rings. The van der Waals surface area contributed by atoms with E-state index in [9.17, 15) is 13.2 Å². The van der Waals surface area contributed by atoms with Crippen LogP contribution in [0.3, 0.4) is 0 Å². The fourth-order valence-electron chi connectivity index (χ4n) is 3.19. The topological polar surface area (TPSA) is 85.8 Å². The molecule has 0 N–H and O–H groups in total. The number of rotatable bonds is 7. The Morgan fingerprint density at radius 3 is 2.50 bits per heavy atom. The standard InChI is InChI=1S/C21H24N2O5S2/c1-4-14-27-20(24)19-21(2,3)29-15-13-23(19)30(25,26)18-7-5-16(6-8-18)28-17-9-11-22-12-10-17/h4-12,19H,1,13-15H2,2-3H3/t19-/m0/s1. The third kappa shape index (κ3) is 4.85. The van der Waals surface area contributed by atoms with Gasteiger partial charge < -0.3 is 9.47 Å². The summed E-state index contributed by atoms with van der Waals surface area (Å²) >= 11 is 1.55. The molecule has 1 aliphatic heterocycles. The Bertz CT molecular complexity index is 992. The van der Waals surface area contributed by atoms with Gasteiger partial charge >= 0.3 is 5.97 Å². The number of hydrogen-bond acceptors (Lipinski definition) is 7. The average molecular weight is 449 g/mol. The Morgan fingerprint density at radius 2 is 1.87 bits per heavy atom. The first-order chi connectivity index (χ1) is 14.3. The Balaban J connectivity index is 1.86. The van der Waals surface area contributed by atoms with Gasteiger partial charge in [0.1, 0.15) is 24.1 Å². The second-order valence-corrected chi connectivity index (χ2v) is 10.8. The van der Waals surface area contributed by atoms with E-state index in [4.69, 9.17) is 9.47 Å². The van der Waals surface area contributed by atoms with Crippen molar-refractivity contribution in [3.8, 4) is 11.5 Å². The molecule has 30 heavy (non-hydrogen) atoms. The van der Waals surface area contributed by atoms with Crippen LogP contribution in [0.25, 0.3) is 0 Å². The average Bonchev–Trinajstić information content (AvgIpc) is 2.72. The molecule has 0 aliphatic carbocycles. The number of carbonyl (C=O) groups is 1. The number of benzene rings is 1. The monoisotopic (exact) mass is 448 g/mol. The molecule has 0 radical (unpaired) electrons. The molecule has 1 saturated heterocycles. The first kappa shape index (κ1) is 22.3. The Hall–Kier alpha value is -2.36. The van der Waals surface area contributed by atoms with E-state index in [0.29, 0.717) is 17.3 Å². The third-order valence-corrected chi connectivity index (χ3v) is 7.85. The Kier molecular flexibility index (Phi) is 6.84. The molecule has 7 nitrogen and oxygen atoms in total. The second-order valence-electron chi connectivity index (χ2n) is 7.15. The minimum Gasteiger partial charge on any atom is -0.460 e. The van der Waals surface area contributed by atoms with Gasteiger partial charge in [0.15, 0.2) is 0 Å². The predicted octanol–water partition coefficient (Wildman–Crippen LogP) is 3.49. The second kappa shape index (κ2) is 9.20. The number of hydrogen-bond donors (Lipinski definition) is 0. The van der Waals surface area contributed by atoms with E-state index >= 15 is 0 Å². The van der Waals surface area contributed by atoms with Crippen LogP contribution in [0.5, 0.6) is 11.5 Å². The molecule has 2 aromatic rings. The van der Waals surface area contributed by atoms with Crippen molar-refractivity contribution in [3.63, 3.8) is 0 Å². The van der Waals surface area contributed by atoms with Gasteiger partial charge in [-0.3, -0.25) is 9.78 Å². The zero-order chi connectivity index (χ0) is 21.8. The molecule has 1 aromatic carbocycles. The summed E-state index contributed by atoms with van der Waals surface area (Å²) in [4.78, 5) is 16.7. The lowest BCUT2D eigenvalue weighted by Crippen LogP contribution is -2.59. The van der Waals surface area contributed by atoms with Crippen LogP contribution in [-0.4, -0.2) is 53.4 Å². The normalized spacial score (nSPS) is 19.1. The highest BCUT2D eigenvalue weighted by Crippen LogP contribution is 2.39. The molecule has 2 heterocycles. The lowest BCUT2D eigenvalue weighted by atomic mass is 10.0. The molecular formula is C21H24N2O5S2. The third-order valence-electron chi connectivity index (χ3n) is 4.61. The molecule has 3 rings (SSSR count). The fraction of sp³-hybridized carbons (Fsp3) is 0.333. The van der Waals surface area contributed by atoms with Gasteiger partial charge in [-0.2, -0.15) is 16.1 Å². The summed E-state index contributed by atoms with van der Waals surface area (Å²) in [5, 5.41) is 0. The van der Waals surface area contributed by atoms with E-state index in [1.165, 1.54) is 22.5 Å². The molecule has 1 fully saturated rings. The molecule has 0 amide bonds. The van der Waals surface area contributed by atoms with E-state index in [0.717, 1.165) is 0 Å². The van der Waals surface area contributed by atoms with Crippen molar-refractivity contribution < 1.29 is 22.7 Å². The van der Waals surface area contributed by atoms with Crippen LogP contribution in [0.1, 0.15) is 13.8 Å². The maximum atomic E-state index is 13.4. The molecule has 160 valence electrons. The number of pyridine rings is 1. The van der Waals surface area contributed by atoms with Crippen molar-refractivity contribution in [1.29, 1.82) is 0 Å². The zero-order valence-electron chi connectivity index (χ0n) is 16.9. The van der Waals surface area contributed by atoms with Crippen LogP contribution in [0.2, 0.25) is 0 Å². The van der Waals surface area contributed by atoms with Crippen LogP contribution >= 0.6 is 11.8 Å². The Morgan fingerprint density at radius 1 is 1.23 bits per heavy atom. The number of carbonyl (C=O) groups excluding carboxylic acids is 1. The summed E-state index contributed by atoms with van der Waals surface area (Å²) in [5.41, 5.74) is 0. The first-order valence-corrected chi connectivity index (χ1v) is 11.8. The zero-order valence-corrected chi connectivity index (χ0v) is 18.5. The van der Waals surface area contributed by atoms with E-state index < -0.39 is 26.8 Å². The first-order valence-electron chi connectivity index (χ1n) is 9.37. The van der Waals surface area contributed by atoms with Gasteiger partial charge in [-0.05, 0) is 50.2 Å². The van der Waals surface area contributed by atoms with Crippen LogP contribution < -0.4 is 4.74 Å². The maximum absolute atomic E-state index is 13.4. The van der Waals surface area contributed by atoms with Crippen LogP contribution in [0.4, 0.5) is 0 Å². The summed E-state index contributed by atoms with van der Waals surface area (Å²) in [6.07, 6.45) is 4.67. The van der Waals surface area contributed by atoms with E-state index in [1.54, 1.807) is 48.4 Å². The number of sulfonamides is 1. The van der Waals surface area contributed by atoms with Crippen molar-refractivity contribution >= 4 is 27.8 Å². The highest BCUT2D eigenvalue weighted by Gasteiger charge is 2.49. The number of thioether (sulfide) groups is 1. The number of nitrogens with zero attached hydrogens (tertiary/aromatic N) is 2. The van der Waals surface area contributed by atoms with Gasteiger partial charge in [0.25, 0.3) is 0 Å². The smallest absolute Gasteiger partial charge is 0.326 e. The van der Waals surface area contributed by atoms with Crippen molar-refractivity contribution in [2.24, 2.45) is 0 Å². The molecule has 1 atom stereocenters. The van der Waals surface area contributed by atoms with Gasteiger partial charge in [0.05, 0.1) is 4.90 Å². The maximum Gasteiger partial charge on any atom is 0.326 e. The van der Waals surface area contributed by atoms with Gasteiger partial charge in [-0.25, -0.2) is 8.42 Å². The van der Waals surface area contributed by atoms with Crippen molar-refractivity contribution in [1.82, 2.24) is 9.29 Å². The van der Waals surface area contributed by atoms with E-state index in [-0.39, 0.29) is 18.0 Å². The van der Waals surface area contributed by atoms with Gasteiger partial charge in [0.2, 0.25) is 10.0 Å². The van der Waals surface area contributed by atoms with E-state index in [2.05, 4.69) is 11.6 Å². The predicted molar refractivity (Wildman–Crippen MR) is 116 cm³/mol. The molecular weight excluding hydrogens is 424 g/mol. The molecule has 0 spiro atoms. The van der Waals surface area contributed by atoms with Crippen molar-refractivity contribution in [2.75, 3.05) is 18.9 Å². The SMILES string of the molecule is C=CCOC(=O)[C@@H]1N(S(=O)(=O)c2ccc(Oc3ccncc3)cc2)CCSC1(C)C. The van der Waals surface area contributed by atoms with Crippen LogP contribution in [0, 0.1) is 0 Å². The molecule has 9 heteroatoms. The molecule has 1 aromatic heterocycles. The number of aromatic nitrogens is 1.